The van der Waals surface area contributed by atoms with Gasteiger partial charge < -0.3 is 20.7 Å². The fourth-order valence-corrected chi connectivity index (χ4v) is 8.04. The van der Waals surface area contributed by atoms with Gasteiger partial charge in [0, 0.05) is 41.7 Å². The normalized spacial score (nSPS) is 28.0. The number of Topliss-reactive ketones (excluding diaryl/α,β-unsaturated/α-hetero) is 2. The topological polar surface area (TPSA) is 136 Å². The van der Waals surface area contributed by atoms with Gasteiger partial charge in [0.15, 0.2) is 5.78 Å². The van der Waals surface area contributed by atoms with E-state index in [0.717, 1.165) is 19.3 Å². The molecule has 1 unspecified atom stereocenters. The van der Waals surface area contributed by atoms with E-state index in [-0.39, 0.29) is 46.7 Å². The maximum atomic E-state index is 14.4. The summed E-state index contributed by atoms with van der Waals surface area (Å²) in [6.45, 7) is 17.6. The standard InChI is InChI=1S/C32H51N3O6/c1-28(2,3)21(14-24(37)34-29(4,5)6)27(40)35-16-31(30(7,8)32(31)17-41-18-32)15-22(35)23(36)13-20(25(38)26(33)39)12-19-10-9-11-19/h19-22H,9-18H2,1-8H3,(H2,33,39)(H,34,37)/t20?,21-,22+,31+/m1/s1. The van der Waals surface area contributed by atoms with E-state index in [0.29, 0.717) is 38.5 Å². The highest BCUT2D eigenvalue weighted by atomic mass is 16.5. The van der Waals surface area contributed by atoms with Crippen molar-refractivity contribution >= 4 is 29.3 Å². The van der Waals surface area contributed by atoms with Crippen LogP contribution in [0.1, 0.15) is 100 Å². The largest absolute Gasteiger partial charge is 0.380 e. The van der Waals surface area contributed by atoms with E-state index in [1.165, 1.54) is 0 Å². The molecule has 0 bridgehead atoms. The molecule has 2 spiro atoms. The summed E-state index contributed by atoms with van der Waals surface area (Å²) >= 11 is 0. The van der Waals surface area contributed by atoms with Crippen LogP contribution in [0.15, 0.2) is 0 Å². The monoisotopic (exact) mass is 573 g/mol. The molecule has 2 saturated carbocycles. The van der Waals surface area contributed by atoms with Gasteiger partial charge in [-0.15, -0.1) is 0 Å². The first-order valence-electron chi connectivity index (χ1n) is 15.3. The molecule has 2 aliphatic carbocycles. The maximum absolute atomic E-state index is 14.4. The van der Waals surface area contributed by atoms with E-state index in [1.54, 1.807) is 4.90 Å². The molecule has 0 radical (unpaired) electrons. The molecular weight excluding hydrogens is 522 g/mol. The van der Waals surface area contributed by atoms with Crippen LogP contribution in [0.5, 0.6) is 0 Å². The molecule has 9 nitrogen and oxygen atoms in total. The molecule has 2 saturated heterocycles. The second kappa shape index (κ2) is 10.5. The number of hydrogen-bond acceptors (Lipinski definition) is 6. The summed E-state index contributed by atoms with van der Waals surface area (Å²) in [6.07, 6.45) is 3.94. The van der Waals surface area contributed by atoms with Gasteiger partial charge in [0.05, 0.1) is 25.2 Å². The minimum atomic E-state index is -1.01. The Morgan fingerprint density at radius 2 is 1.59 bits per heavy atom. The molecule has 4 aliphatic rings. The molecule has 41 heavy (non-hydrogen) atoms. The summed E-state index contributed by atoms with van der Waals surface area (Å²) in [5, 5.41) is 2.98. The molecule has 2 heterocycles. The number of ether oxygens (including phenoxy) is 1. The molecule has 4 fully saturated rings. The van der Waals surface area contributed by atoms with Crippen molar-refractivity contribution in [3.63, 3.8) is 0 Å². The number of fused-ring (bicyclic) bond motifs is 1. The molecule has 2 aliphatic heterocycles. The number of amides is 3. The van der Waals surface area contributed by atoms with Crippen molar-refractivity contribution in [3.05, 3.63) is 0 Å². The Kier molecular flexibility index (Phi) is 8.07. The predicted molar refractivity (Wildman–Crippen MR) is 154 cm³/mol. The third-order valence-corrected chi connectivity index (χ3v) is 11.1. The lowest BCUT2D eigenvalue weighted by Gasteiger charge is -2.36. The van der Waals surface area contributed by atoms with Crippen LogP contribution >= 0.6 is 0 Å². The summed E-state index contributed by atoms with van der Waals surface area (Å²) in [4.78, 5) is 68.0. The summed E-state index contributed by atoms with van der Waals surface area (Å²) in [5.41, 5.74) is 3.93. The fraction of sp³-hybridized carbons (Fsp3) is 0.844. The van der Waals surface area contributed by atoms with Gasteiger partial charge in [0.1, 0.15) is 0 Å². The van der Waals surface area contributed by atoms with E-state index < -0.39 is 40.5 Å². The molecular formula is C32H51N3O6. The molecule has 0 aromatic carbocycles. The Labute approximate surface area is 245 Å². The third kappa shape index (κ3) is 5.48. The number of likely N-dealkylation sites (tertiary alicyclic amines) is 1. The Bertz CT molecular complexity index is 1110. The van der Waals surface area contributed by atoms with Crippen molar-refractivity contribution in [2.75, 3.05) is 19.8 Å². The quantitative estimate of drug-likeness (QED) is 0.385. The first-order valence-corrected chi connectivity index (χ1v) is 15.3. The van der Waals surface area contributed by atoms with Crippen LogP contribution in [0.3, 0.4) is 0 Å². The van der Waals surface area contributed by atoms with E-state index in [4.69, 9.17) is 10.5 Å². The minimum absolute atomic E-state index is 0.0200. The number of rotatable bonds is 10. The number of hydrogen-bond donors (Lipinski definition) is 2. The van der Waals surface area contributed by atoms with Crippen LogP contribution in [0, 0.1) is 39.4 Å². The SMILES string of the molecule is CC(C)(C)NC(=O)C[C@H](C(=O)N1C[C@@]2(C[C@H]1C(=O)CC(CC1CCC1)C(=O)C(N)=O)C(C)(C)C21COC1)C(C)(C)C. The molecule has 3 N–H and O–H groups in total. The second-order valence-corrected chi connectivity index (χ2v) is 16.0. The van der Waals surface area contributed by atoms with Gasteiger partial charge in [-0.05, 0) is 50.4 Å². The lowest BCUT2D eigenvalue weighted by atomic mass is 9.75. The van der Waals surface area contributed by atoms with Crippen LogP contribution < -0.4 is 11.1 Å². The van der Waals surface area contributed by atoms with Gasteiger partial charge in [-0.2, -0.15) is 0 Å². The van der Waals surface area contributed by atoms with E-state index in [9.17, 15) is 24.0 Å². The first kappa shape index (κ1) is 31.6. The van der Waals surface area contributed by atoms with E-state index in [1.807, 2.05) is 41.5 Å². The number of carbonyl (C=O) groups excluding carboxylic acids is 5. The van der Waals surface area contributed by atoms with Crippen molar-refractivity contribution in [2.24, 2.45) is 45.1 Å². The van der Waals surface area contributed by atoms with Crippen molar-refractivity contribution in [1.82, 2.24) is 10.2 Å². The number of ketones is 2. The number of primary amides is 1. The third-order valence-electron chi connectivity index (χ3n) is 11.1. The van der Waals surface area contributed by atoms with Gasteiger partial charge in [0.2, 0.25) is 17.6 Å². The van der Waals surface area contributed by atoms with Gasteiger partial charge in [-0.25, -0.2) is 0 Å². The van der Waals surface area contributed by atoms with Crippen molar-refractivity contribution in [1.29, 1.82) is 0 Å². The summed E-state index contributed by atoms with van der Waals surface area (Å²) in [7, 11) is 0. The molecule has 4 atom stereocenters. The van der Waals surface area contributed by atoms with Crippen LogP contribution in [0.25, 0.3) is 0 Å². The van der Waals surface area contributed by atoms with Gasteiger partial charge in [-0.1, -0.05) is 53.9 Å². The molecule has 4 rings (SSSR count). The fourth-order valence-electron chi connectivity index (χ4n) is 8.04. The summed E-state index contributed by atoms with van der Waals surface area (Å²) in [6, 6.07) is -0.721. The average Bonchev–Trinajstić information content (AvgIpc) is 3.01. The zero-order valence-corrected chi connectivity index (χ0v) is 26.4. The highest BCUT2D eigenvalue weighted by Crippen LogP contribution is 2.84. The predicted octanol–water partition coefficient (Wildman–Crippen LogP) is 3.42. The van der Waals surface area contributed by atoms with Crippen LogP contribution in [-0.4, -0.2) is 65.5 Å². The van der Waals surface area contributed by atoms with Crippen LogP contribution in [-0.2, 0) is 28.7 Å². The lowest BCUT2D eigenvalue weighted by molar-refractivity contribution is -0.147. The number of carbonyl (C=O) groups is 5. The number of nitrogens with zero attached hydrogens (tertiary/aromatic N) is 1. The van der Waals surface area contributed by atoms with Crippen molar-refractivity contribution in [2.45, 2.75) is 112 Å². The highest BCUT2D eigenvalue weighted by molar-refractivity contribution is 6.36. The maximum Gasteiger partial charge on any atom is 0.285 e. The minimum Gasteiger partial charge on any atom is -0.380 e. The molecule has 0 aromatic rings. The molecule has 3 amide bonds. The van der Waals surface area contributed by atoms with E-state index >= 15 is 0 Å². The Morgan fingerprint density at radius 3 is 2.00 bits per heavy atom. The van der Waals surface area contributed by atoms with Crippen molar-refractivity contribution < 1.29 is 28.7 Å². The molecule has 0 aromatic heterocycles. The number of nitrogens with two attached hydrogens (primary N) is 1. The van der Waals surface area contributed by atoms with Crippen molar-refractivity contribution in [3.8, 4) is 0 Å². The molecule has 230 valence electrons. The first-order chi connectivity index (χ1) is 18.8. The molecule has 9 heteroatoms. The zero-order valence-electron chi connectivity index (χ0n) is 26.4. The van der Waals surface area contributed by atoms with Crippen LogP contribution in [0.4, 0.5) is 0 Å². The Morgan fingerprint density at radius 1 is 0.976 bits per heavy atom. The van der Waals surface area contributed by atoms with Gasteiger partial charge >= 0.3 is 0 Å². The Balaban J connectivity index is 1.63. The smallest absolute Gasteiger partial charge is 0.285 e. The summed E-state index contributed by atoms with van der Waals surface area (Å²) < 4.78 is 5.66. The lowest BCUT2D eigenvalue weighted by Crippen LogP contribution is -2.50. The zero-order chi connectivity index (χ0) is 30.8. The Hall–Kier alpha value is -2.29. The second-order valence-electron chi connectivity index (χ2n) is 16.0. The van der Waals surface area contributed by atoms with E-state index in [2.05, 4.69) is 19.2 Å². The highest BCUT2D eigenvalue weighted by Gasteiger charge is 2.86. The van der Waals surface area contributed by atoms with Gasteiger partial charge in [0.25, 0.3) is 5.91 Å². The van der Waals surface area contributed by atoms with Crippen LogP contribution in [0.2, 0.25) is 0 Å². The average molecular weight is 574 g/mol. The van der Waals surface area contributed by atoms with Gasteiger partial charge in [-0.3, -0.25) is 24.0 Å². The summed E-state index contributed by atoms with van der Waals surface area (Å²) in [5.74, 6) is -3.39. The number of nitrogens with one attached hydrogen (secondary N) is 1.